The van der Waals surface area contributed by atoms with Crippen LogP contribution in [0.25, 0.3) is 0 Å². The molecule has 4 nitrogen and oxygen atoms in total. The second-order valence-corrected chi connectivity index (χ2v) is 5.05. The van der Waals surface area contributed by atoms with Crippen molar-refractivity contribution in [3.8, 4) is 5.75 Å². The van der Waals surface area contributed by atoms with E-state index in [0.717, 1.165) is 16.6 Å². The highest BCUT2D eigenvalue weighted by molar-refractivity contribution is 9.10. The summed E-state index contributed by atoms with van der Waals surface area (Å²) in [6.45, 7) is -1.65. The summed E-state index contributed by atoms with van der Waals surface area (Å²) in [6.07, 6.45) is 4.17. The molecule has 0 spiro atoms. The van der Waals surface area contributed by atoms with Crippen LogP contribution in [0, 0.1) is 0 Å². The molecule has 1 aromatic carbocycles. The van der Waals surface area contributed by atoms with Gasteiger partial charge in [-0.3, -0.25) is 0 Å². The zero-order valence-electron chi connectivity index (χ0n) is 10.6. The van der Waals surface area contributed by atoms with E-state index in [9.17, 15) is 8.78 Å². The van der Waals surface area contributed by atoms with E-state index in [1.54, 1.807) is 24.7 Å². The number of H-pyrrole nitrogens is 1. The summed E-state index contributed by atoms with van der Waals surface area (Å²) < 4.78 is 29.9. The molecule has 2 aromatic rings. The Hall–Kier alpha value is -1.47. The molecule has 0 aliphatic rings. The maximum absolute atomic E-state index is 12.3. The van der Waals surface area contributed by atoms with Gasteiger partial charge in [-0.15, -0.1) is 0 Å². The van der Waals surface area contributed by atoms with E-state index in [-0.39, 0.29) is 5.75 Å². The van der Waals surface area contributed by atoms with Gasteiger partial charge in [0.1, 0.15) is 5.75 Å². The van der Waals surface area contributed by atoms with Gasteiger partial charge in [-0.05, 0) is 18.2 Å². The van der Waals surface area contributed by atoms with E-state index in [4.69, 9.17) is 0 Å². The number of aromatic nitrogens is 2. The Morgan fingerprint density at radius 1 is 1.40 bits per heavy atom. The SMILES string of the molecule is FC(F)Oc1ccc(Br)cc1CNCCc1cnc[nH]1. The fraction of sp³-hybridized carbons (Fsp3) is 0.308. The molecule has 0 bridgehead atoms. The number of nitrogens with one attached hydrogen (secondary N) is 2. The molecular weight excluding hydrogens is 332 g/mol. The van der Waals surface area contributed by atoms with E-state index in [0.29, 0.717) is 18.7 Å². The van der Waals surface area contributed by atoms with Gasteiger partial charge in [0.2, 0.25) is 0 Å². The van der Waals surface area contributed by atoms with E-state index in [1.807, 2.05) is 0 Å². The lowest BCUT2D eigenvalue weighted by Crippen LogP contribution is -2.18. The van der Waals surface area contributed by atoms with Gasteiger partial charge in [0.05, 0.1) is 6.33 Å². The van der Waals surface area contributed by atoms with Crippen molar-refractivity contribution in [3.63, 3.8) is 0 Å². The average Bonchev–Trinajstić information content (AvgIpc) is 2.90. The molecule has 1 heterocycles. The molecule has 20 heavy (non-hydrogen) atoms. The number of halogens is 3. The Balaban J connectivity index is 1.88. The van der Waals surface area contributed by atoms with Crippen molar-refractivity contribution < 1.29 is 13.5 Å². The molecule has 0 atom stereocenters. The predicted molar refractivity (Wildman–Crippen MR) is 74.8 cm³/mol. The van der Waals surface area contributed by atoms with Gasteiger partial charge >= 0.3 is 6.61 Å². The normalized spacial score (nSPS) is 11.0. The van der Waals surface area contributed by atoms with Crippen molar-refractivity contribution >= 4 is 15.9 Å². The summed E-state index contributed by atoms with van der Waals surface area (Å²) >= 11 is 3.32. The van der Waals surface area contributed by atoms with Crippen molar-refractivity contribution in [1.82, 2.24) is 15.3 Å². The zero-order valence-corrected chi connectivity index (χ0v) is 12.2. The predicted octanol–water partition coefficient (Wildman–Crippen LogP) is 3.11. The molecule has 1 aromatic heterocycles. The quantitative estimate of drug-likeness (QED) is 0.758. The summed E-state index contributed by atoms with van der Waals surface area (Å²) in [5.41, 5.74) is 1.71. The largest absolute Gasteiger partial charge is 0.434 e. The minimum absolute atomic E-state index is 0.192. The van der Waals surface area contributed by atoms with Crippen LogP contribution in [0.2, 0.25) is 0 Å². The van der Waals surface area contributed by atoms with Gasteiger partial charge in [-0.2, -0.15) is 8.78 Å². The second kappa shape index (κ2) is 7.35. The Bertz CT molecular complexity index is 534. The summed E-state index contributed by atoms with van der Waals surface area (Å²) in [5, 5.41) is 3.19. The second-order valence-electron chi connectivity index (χ2n) is 4.13. The molecule has 0 unspecified atom stereocenters. The molecule has 0 aliphatic heterocycles. The van der Waals surface area contributed by atoms with Crippen LogP contribution in [0.3, 0.4) is 0 Å². The molecule has 0 saturated carbocycles. The first-order valence-corrected chi connectivity index (χ1v) is 6.85. The molecule has 2 rings (SSSR count). The minimum atomic E-state index is -2.82. The van der Waals surface area contributed by atoms with Crippen LogP contribution in [-0.2, 0) is 13.0 Å². The first kappa shape index (κ1) is 14.9. The molecular formula is C13H14BrF2N3O. The van der Waals surface area contributed by atoms with Crippen LogP contribution in [0.5, 0.6) is 5.75 Å². The Labute approximate surface area is 123 Å². The van der Waals surface area contributed by atoms with E-state index in [1.165, 1.54) is 6.07 Å². The van der Waals surface area contributed by atoms with Crippen molar-refractivity contribution in [1.29, 1.82) is 0 Å². The van der Waals surface area contributed by atoms with Crippen molar-refractivity contribution in [2.75, 3.05) is 6.54 Å². The maximum atomic E-state index is 12.3. The van der Waals surface area contributed by atoms with Crippen LogP contribution in [0.4, 0.5) is 8.78 Å². The highest BCUT2D eigenvalue weighted by Gasteiger charge is 2.09. The summed E-state index contributed by atoms with van der Waals surface area (Å²) in [7, 11) is 0. The van der Waals surface area contributed by atoms with Gasteiger partial charge in [0.15, 0.2) is 0 Å². The fourth-order valence-corrected chi connectivity index (χ4v) is 2.17. The van der Waals surface area contributed by atoms with Crippen molar-refractivity contribution in [3.05, 3.63) is 46.5 Å². The lowest BCUT2D eigenvalue weighted by atomic mass is 10.2. The molecule has 0 fully saturated rings. The lowest BCUT2D eigenvalue weighted by molar-refractivity contribution is -0.0505. The van der Waals surface area contributed by atoms with Gasteiger partial charge in [0.25, 0.3) is 0 Å². The van der Waals surface area contributed by atoms with Gasteiger partial charge in [0, 0.05) is 41.4 Å². The van der Waals surface area contributed by atoms with E-state index >= 15 is 0 Å². The van der Waals surface area contributed by atoms with Crippen LogP contribution in [0.15, 0.2) is 35.2 Å². The average molecular weight is 346 g/mol. The monoisotopic (exact) mass is 345 g/mol. The Morgan fingerprint density at radius 3 is 2.95 bits per heavy atom. The molecule has 2 N–H and O–H groups in total. The first-order chi connectivity index (χ1) is 9.65. The smallest absolute Gasteiger partial charge is 0.387 e. The summed E-state index contributed by atoms with van der Waals surface area (Å²) in [6, 6.07) is 4.97. The third kappa shape index (κ3) is 4.57. The summed E-state index contributed by atoms with van der Waals surface area (Å²) in [5.74, 6) is 0.192. The molecule has 0 radical (unpaired) electrons. The molecule has 108 valence electrons. The Morgan fingerprint density at radius 2 is 2.25 bits per heavy atom. The lowest BCUT2D eigenvalue weighted by Gasteiger charge is -2.12. The first-order valence-electron chi connectivity index (χ1n) is 6.06. The van der Waals surface area contributed by atoms with Crippen LogP contribution in [0.1, 0.15) is 11.3 Å². The molecule has 0 amide bonds. The Kier molecular flexibility index (Phi) is 5.49. The number of hydrogen-bond acceptors (Lipinski definition) is 3. The third-order valence-corrected chi connectivity index (χ3v) is 3.17. The number of aromatic amines is 1. The molecule has 0 saturated heterocycles. The number of nitrogens with zero attached hydrogens (tertiary/aromatic N) is 1. The van der Waals surface area contributed by atoms with Crippen molar-refractivity contribution in [2.24, 2.45) is 0 Å². The molecule has 0 aliphatic carbocycles. The number of benzene rings is 1. The van der Waals surface area contributed by atoms with Gasteiger partial charge < -0.3 is 15.0 Å². The fourth-order valence-electron chi connectivity index (χ4n) is 1.76. The zero-order chi connectivity index (χ0) is 14.4. The van der Waals surface area contributed by atoms with Crippen molar-refractivity contribution in [2.45, 2.75) is 19.6 Å². The minimum Gasteiger partial charge on any atom is -0.434 e. The third-order valence-electron chi connectivity index (χ3n) is 2.68. The number of hydrogen-bond donors (Lipinski definition) is 2. The number of ether oxygens (including phenoxy) is 1. The van der Waals surface area contributed by atoms with Gasteiger partial charge in [-0.25, -0.2) is 4.98 Å². The maximum Gasteiger partial charge on any atom is 0.387 e. The number of rotatable bonds is 7. The number of alkyl halides is 2. The summed E-state index contributed by atoms with van der Waals surface area (Å²) in [4.78, 5) is 6.92. The molecule has 7 heteroatoms. The highest BCUT2D eigenvalue weighted by atomic mass is 79.9. The van der Waals surface area contributed by atoms with E-state index in [2.05, 4.69) is 36.0 Å². The highest BCUT2D eigenvalue weighted by Crippen LogP contribution is 2.24. The van der Waals surface area contributed by atoms with Crippen LogP contribution >= 0.6 is 15.9 Å². The van der Waals surface area contributed by atoms with Crippen LogP contribution in [-0.4, -0.2) is 23.1 Å². The topological polar surface area (TPSA) is 49.9 Å². The van der Waals surface area contributed by atoms with Gasteiger partial charge in [-0.1, -0.05) is 15.9 Å². The standard InChI is InChI=1S/C13H14BrF2N3O/c14-10-1-2-12(20-13(15)16)9(5-10)6-17-4-3-11-7-18-8-19-11/h1-2,5,7-8,13,17H,3-4,6H2,(H,18,19). The van der Waals surface area contributed by atoms with E-state index < -0.39 is 6.61 Å². The number of imidazole rings is 1. The van der Waals surface area contributed by atoms with Crippen LogP contribution < -0.4 is 10.1 Å².